The Morgan fingerprint density at radius 1 is 1.00 bits per heavy atom. The average molecular weight is 617 g/mol. The second-order valence-electron chi connectivity index (χ2n) is 11.1. The normalized spacial score (nSPS) is 17.9. The first-order valence-electron chi connectivity index (χ1n) is 15.0. The highest BCUT2D eigenvalue weighted by atomic mass is 16.5. The van der Waals surface area contributed by atoms with Crippen LogP contribution < -0.4 is 32.3 Å². The number of ether oxygens (including phenoxy) is 1. The zero-order chi connectivity index (χ0) is 32.6. The number of aliphatic hydroxyl groups is 1. The summed E-state index contributed by atoms with van der Waals surface area (Å²) in [4.78, 5) is 74.8. The van der Waals surface area contributed by atoms with Gasteiger partial charge in [-0.3, -0.25) is 28.8 Å². The summed E-state index contributed by atoms with van der Waals surface area (Å²) in [5.41, 5.74) is 2.35. The number of amides is 6. The summed E-state index contributed by atoms with van der Waals surface area (Å²) in [5, 5.41) is 22.8. The van der Waals surface area contributed by atoms with Crippen LogP contribution in [-0.4, -0.2) is 91.9 Å². The summed E-state index contributed by atoms with van der Waals surface area (Å²) in [7, 11) is 1.23. The molecule has 2 rings (SSSR count). The Kier molecular flexibility index (Phi) is 14.8. The van der Waals surface area contributed by atoms with Crippen molar-refractivity contribution in [2.24, 2.45) is 5.73 Å². The van der Waals surface area contributed by atoms with Gasteiger partial charge < -0.3 is 42.2 Å². The fourth-order valence-electron chi connectivity index (χ4n) is 4.47. The molecule has 15 heteroatoms. The molecular weight excluding hydrogens is 571 g/mol. The van der Waals surface area contributed by atoms with E-state index in [1.165, 1.54) is 7.85 Å². The van der Waals surface area contributed by atoms with Gasteiger partial charge >= 0.3 is 0 Å². The van der Waals surface area contributed by atoms with Crippen LogP contribution in [0.15, 0.2) is 30.3 Å². The second kappa shape index (κ2) is 18.0. The molecule has 3 unspecified atom stereocenters. The van der Waals surface area contributed by atoms with Crippen molar-refractivity contribution >= 4 is 43.3 Å². The predicted molar refractivity (Wildman–Crippen MR) is 163 cm³/mol. The van der Waals surface area contributed by atoms with Crippen molar-refractivity contribution < 1.29 is 38.6 Å². The Balaban J connectivity index is 1.99. The topological polar surface area (TPSA) is 218 Å². The third kappa shape index (κ3) is 12.3. The highest BCUT2D eigenvalue weighted by Crippen LogP contribution is 2.24. The second-order valence-corrected chi connectivity index (χ2v) is 11.1. The van der Waals surface area contributed by atoms with E-state index in [0.717, 1.165) is 31.2 Å². The van der Waals surface area contributed by atoms with E-state index in [-0.39, 0.29) is 44.9 Å². The number of nitrogens with one attached hydrogen (secondary N) is 5. The van der Waals surface area contributed by atoms with Gasteiger partial charge in [0.05, 0.1) is 19.7 Å². The van der Waals surface area contributed by atoms with Crippen molar-refractivity contribution in [3.8, 4) is 0 Å². The molecule has 0 radical (unpaired) electrons. The Morgan fingerprint density at radius 3 is 2.32 bits per heavy atom. The number of primary amides is 1. The molecule has 14 nitrogen and oxygen atoms in total. The lowest BCUT2D eigenvalue weighted by Crippen LogP contribution is -2.63. The van der Waals surface area contributed by atoms with Crippen LogP contribution >= 0.6 is 0 Å². The molecule has 1 heterocycles. The van der Waals surface area contributed by atoms with Gasteiger partial charge in [-0.15, -0.1) is 0 Å². The highest BCUT2D eigenvalue weighted by Gasteiger charge is 2.45. The van der Waals surface area contributed by atoms with Crippen LogP contribution in [-0.2, 0) is 39.9 Å². The molecule has 0 saturated carbocycles. The molecule has 44 heavy (non-hydrogen) atoms. The van der Waals surface area contributed by atoms with E-state index in [1.54, 1.807) is 30.3 Å². The molecule has 1 aliphatic rings. The van der Waals surface area contributed by atoms with Crippen LogP contribution in [0, 0.1) is 0 Å². The Labute approximate surface area is 258 Å². The monoisotopic (exact) mass is 616 g/mol. The van der Waals surface area contributed by atoms with E-state index >= 15 is 0 Å². The van der Waals surface area contributed by atoms with Crippen LogP contribution in [0.2, 0.25) is 0 Å². The van der Waals surface area contributed by atoms with Crippen LogP contribution in [0.4, 0.5) is 0 Å². The van der Waals surface area contributed by atoms with Gasteiger partial charge in [-0.1, -0.05) is 56.5 Å². The molecule has 242 valence electrons. The summed E-state index contributed by atoms with van der Waals surface area (Å²) in [6.45, 7) is 1.44. The number of rotatable bonds is 19. The first-order chi connectivity index (χ1) is 20.9. The Bertz CT molecular complexity index is 1140. The first-order valence-corrected chi connectivity index (χ1v) is 15.0. The largest absolute Gasteiger partial charge is 0.389 e. The van der Waals surface area contributed by atoms with Crippen molar-refractivity contribution in [3.63, 3.8) is 0 Å². The van der Waals surface area contributed by atoms with Gasteiger partial charge in [0.15, 0.2) is 7.85 Å². The fraction of sp³-hybridized carbons (Fsp3) is 0.586. The van der Waals surface area contributed by atoms with E-state index < -0.39 is 53.3 Å². The summed E-state index contributed by atoms with van der Waals surface area (Å²) in [6, 6.07) is 7.78. The summed E-state index contributed by atoms with van der Waals surface area (Å²) in [5.74, 6) is -3.76. The molecule has 1 aliphatic heterocycles. The van der Waals surface area contributed by atoms with Gasteiger partial charge in [0.2, 0.25) is 35.3 Å². The molecule has 1 saturated heterocycles. The van der Waals surface area contributed by atoms with Gasteiger partial charge in [-0.2, -0.15) is 0 Å². The van der Waals surface area contributed by atoms with Gasteiger partial charge in [0, 0.05) is 25.8 Å². The highest BCUT2D eigenvalue weighted by molar-refractivity contribution is 6.26. The molecule has 1 aromatic rings. The summed E-state index contributed by atoms with van der Waals surface area (Å²) in [6.07, 6.45) is 4.64. The number of nitrogens with two attached hydrogens (primary N) is 1. The number of carbonyl (C=O) groups is 6. The van der Waals surface area contributed by atoms with Crippen molar-refractivity contribution in [1.82, 2.24) is 26.6 Å². The first kappa shape index (κ1) is 36.2. The van der Waals surface area contributed by atoms with Crippen LogP contribution in [0.1, 0.15) is 63.9 Å². The molecule has 0 aliphatic carbocycles. The third-order valence-electron chi connectivity index (χ3n) is 7.23. The maximum atomic E-state index is 13.5. The van der Waals surface area contributed by atoms with Crippen molar-refractivity contribution in [1.29, 1.82) is 0 Å². The SMILES string of the molecule is BC(O)(CCNC(=O)C1(NC(=O)C(Cc2ccccc2)NC(=O)CNC(=O)CNC(=O)CCCCCC)CCCO1)C(N)=O. The minimum atomic E-state index is -1.83. The van der Waals surface area contributed by atoms with Crippen LogP contribution in [0.3, 0.4) is 0 Å². The molecule has 0 spiro atoms. The molecule has 8 N–H and O–H groups in total. The lowest BCUT2D eigenvalue weighted by Gasteiger charge is -2.31. The quantitative estimate of drug-likeness (QED) is 0.0670. The van der Waals surface area contributed by atoms with E-state index in [9.17, 15) is 33.9 Å². The number of unbranched alkanes of at least 4 members (excludes halogenated alkanes) is 3. The average Bonchev–Trinajstić information content (AvgIpc) is 3.47. The lowest BCUT2D eigenvalue weighted by atomic mass is 9.78. The number of carbonyl (C=O) groups excluding carboxylic acids is 6. The third-order valence-corrected chi connectivity index (χ3v) is 7.23. The minimum Gasteiger partial charge on any atom is -0.389 e. The zero-order valence-corrected chi connectivity index (χ0v) is 25.5. The van der Waals surface area contributed by atoms with E-state index in [1.807, 2.05) is 0 Å². The summed E-state index contributed by atoms with van der Waals surface area (Å²) < 4.78 is 5.67. The number of hydrogen-bond donors (Lipinski definition) is 7. The zero-order valence-electron chi connectivity index (χ0n) is 25.5. The Hall–Kier alpha value is -3.98. The minimum absolute atomic E-state index is 0.0830. The smallest absolute Gasteiger partial charge is 0.273 e. The van der Waals surface area contributed by atoms with Gasteiger partial charge in [0.1, 0.15) is 11.5 Å². The molecule has 0 aromatic heterocycles. The lowest BCUT2D eigenvalue weighted by molar-refractivity contribution is -0.152. The molecular formula is C29H45BN6O8. The van der Waals surface area contributed by atoms with Gasteiger partial charge in [-0.05, 0) is 24.8 Å². The standard InChI is InChI=1S/C29H45BN6O8/c1-2-3-4-8-12-22(37)33-18-23(38)34-19-24(39)35-21(17-20-10-6-5-7-11-20)25(40)36-29(13-9-16-44-29)27(42)32-15-14-28(30,43)26(31)41/h5-7,10-11,21,43H,2-4,8-9,12-19,30H2,1H3,(H2,31,41)(H,32,42)(H,33,37)(H,34,38)(H,35,39)(H,36,40). The molecule has 1 aromatic carbocycles. The fourth-order valence-corrected chi connectivity index (χ4v) is 4.47. The maximum absolute atomic E-state index is 13.5. The van der Waals surface area contributed by atoms with Crippen molar-refractivity contribution in [3.05, 3.63) is 35.9 Å². The number of hydrogen-bond acceptors (Lipinski definition) is 8. The van der Waals surface area contributed by atoms with Gasteiger partial charge in [0.25, 0.3) is 5.91 Å². The Morgan fingerprint density at radius 2 is 1.68 bits per heavy atom. The summed E-state index contributed by atoms with van der Waals surface area (Å²) >= 11 is 0. The predicted octanol–water partition coefficient (Wildman–Crippen LogP) is -2.15. The van der Waals surface area contributed by atoms with E-state index in [4.69, 9.17) is 10.5 Å². The number of benzene rings is 1. The molecule has 1 fully saturated rings. The van der Waals surface area contributed by atoms with Crippen molar-refractivity contribution in [2.75, 3.05) is 26.2 Å². The molecule has 0 bridgehead atoms. The molecule has 6 amide bonds. The van der Waals surface area contributed by atoms with Crippen molar-refractivity contribution in [2.45, 2.75) is 82.0 Å². The van der Waals surface area contributed by atoms with E-state index in [0.29, 0.717) is 12.8 Å². The van der Waals surface area contributed by atoms with Crippen LogP contribution in [0.25, 0.3) is 0 Å². The molecule has 3 atom stereocenters. The van der Waals surface area contributed by atoms with Crippen LogP contribution in [0.5, 0.6) is 0 Å². The van der Waals surface area contributed by atoms with E-state index in [2.05, 4.69) is 33.5 Å². The maximum Gasteiger partial charge on any atom is 0.273 e. The van der Waals surface area contributed by atoms with Gasteiger partial charge in [-0.25, -0.2) is 0 Å².